The number of halogens is 4. The third kappa shape index (κ3) is 5.07. The molecule has 2 saturated carbocycles. The van der Waals surface area contributed by atoms with Gasteiger partial charge in [0.1, 0.15) is 0 Å². The van der Waals surface area contributed by atoms with Crippen molar-refractivity contribution in [1.29, 1.82) is 0 Å². The third-order valence-corrected chi connectivity index (χ3v) is 8.97. The first kappa shape index (κ1) is 20.7. The molecule has 1 aromatic rings. The van der Waals surface area contributed by atoms with Crippen LogP contribution < -0.4 is 4.74 Å². The lowest BCUT2D eigenvalue weighted by atomic mass is 9.70. The van der Waals surface area contributed by atoms with E-state index in [0.717, 1.165) is 43.2 Å². The van der Waals surface area contributed by atoms with E-state index < -0.39 is 24.0 Å². The Bertz CT molecular complexity index is 608. The van der Waals surface area contributed by atoms with E-state index in [1.807, 2.05) is 0 Å². The SMILES string of the molecule is CC[SiH2][C@H]1CC[C@H]([C@H]2CC[C@H](c3ccc(OC(F)F)c(F)c3F)CC2)CC1. The summed E-state index contributed by atoms with van der Waals surface area (Å²) >= 11 is 0. The molecule has 0 aromatic heterocycles. The second-order valence-electron chi connectivity index (χ2n) is 8.34. The summed E-state index contributed by atoms with van der Waals surface area (Å²) < 4.78 is 57.0. The van der Waals surface area contributed by atoms with Gasteiger partial charge in [-0.25, -0.2) is 4.39 Å². The molecule has 27 heavy (non-hydrogen) atoms. The van der Waals surface area contributed by atoms with Gasteiger partial charge in [0.05, 0.1) is 0 Å². The Hall–Kier alpha value is -1.04. The fourth-order valence-electron chi connectivity index (χ4n) is 5.31. The lowest BCUT2D eigenvalue weighted by Gasteiger charge is -2.38. The molecule has 1 nitrogen and oxygen atoms in total. The monoisotopic (exact) mass is 402 g/mol. The van der Waals surface area contributed by atoms with Gasteiger partial charge in [-0.05, 0) is 55.1 Å². The zero-order valence-corrected chi connectivity index (χ0v) is 17.4. The van der Waals surface area contributed by atoms with E-state index in [1.54, 1.807) is 0 Å². The van der Waals surface area contributed by atoms with Crippen LogP contribution in [0.1, 0.15) is 69.8 Å². The molecule has 0 spiro atoms. The molecule has 2 aliphatic rings. The first-order valence-electron chi connectivity index (χ1n) is 10.4. The molecule has 2 fully saturated rings. The standard InChI is InChI=1S/C21H30F4OSi/c1-2-27-16-9-7-14(8-10-16)13-3-5-15(6-4-13)17-11-12-18(26-21(24)25)20(23)19(17)22/h11-16,21H,2-10,27H2,1H3/t13-,14-,15-,16-. The Balaban J connectivity index is 1.56. The number of alkyl halides is 2. The van der Waals surface area contributed by atoms with Crippen molar-refractivity contribution in [3.05, 3.63) is 29.3 Å². The first-order valence-corrected chi connectivity index (χ1v) is 12.2. The van der Waals surface area contributed by atoms with Crippen LogP contribution in [0.4, 0.5) is 17.6 Å². The zero-order chi connectivity index (χ0) is 19.4. The van der Waals surface area contributed by atoms with Crippen LogP contribution >= 0.6 is 0 Å². The maximum absolute atomic E-state index is 14.4. The van der Waals surface area contributed by atoms with Crippen molar-refractivity contribution in [1.82, 2.24) is 0 Å². The van der Waals surface area contributed by atoms with Gasteiger partial charge in [-0.2, -0.15) is 13.2 Å². The maximum Gasteiger partial charge on any atom is 0.387 e. The normalized spacial score (nSPS) is 29.6. The van der Waals surface area contributed by atoms with Crippen molar-refractivity contribution in [2.24, 2.45) is 11.8 Å². The smallest absolute Gasteiger partial charge is 0.387 e. The van der Waals surface area contributed by atoms with Crippen LogP contribution in [-0.2, 0) is 0 Å². The summed E-state index contributed by atoms with van der Waals surface area (Å²) in [6.45, 7) is -0.844. The second kappa shape index (κ2) is 9.44. The van der Waals surface area contributed by atoms with Crippen LogP contribution in [0.15, 0.2) is 12.1 Å². The van der Waals surface area contributed by atoms with E-state index in [2.05, 4.69) is 11.7 Å². The Morgan fingerprint density at radius 1 is 0.926 bits per heavy atom. The van der Waals surface area contributed by atoms with Crippen LogP contribution in [0.5, 0.6) is 5.75 Å². The molecule has 0 unspecified atom stereocenters. The predicted molar refractivity (Wildman–Crippen MR) is 102 cm³/mol. The summed E-state index contributed by atoms with van der Waals surface area (Å²) in [6, 6.07) is 3.95. The average molecular weight is 403 g/mol. The maximum atomic E-state index is 14.4. The van der Waals surface area contributed by atoms with E-state index in [9.17, 15) is 17.6 Å². The summed E-state index contributed by atoms with van der Waals surface area (Å²) in [4.78, 5) is 0. The Kier molecular flexibility index (Phi) is 7.23. The highest BCUT2D eigenvalue weighted by Crippen LogP contribution is 2.45. The highest BCUT2D eigenvalue weighted by Gasteiger charge is 2.32. The molecular formula is C21H30F4OSi. The molecule has 2 aliphatic carbocycles. The Labute approximate surface area is 161 Å². The van der Waals surface area contributed by atoms with Gasteiger partial charge >= 0.3 is 6.61 Å². The minimum Gasteiger partial charge on any atom is -0.432 e. The number of benzene rings is 1. The van der Waals surface area contributed by atoms with Crippen molar-refractivity contribution < 1.29 is 22.3 Å². The van der Waals surface area contributed by atoms with Crippen molar-refractivity contribution in [3.8, 4) is 5.75 Å². The highest BCUT2D eigenvalue weighted by atomic mass is 28.2. The molecule has 0 aliphatic heterocycles. The number of ether oxygens (including phenoxy) is 1. The minimum atomic E-state index is -3.16. The second-order valence-corrected chi connectivity index (χ2v) is 11.1. The highest BCUT2D eigenvalue weighted by molar-refractivity contribution is 6.37. The third-order valence-electron chi connectivity index (χ3n) is 6.76. The van der Waals surface area contributed by atoms with Crippen molar-refractivity contribution >= 4 is 9.52 Å². The molecule has 0 amide bonds. The molecule has 0 saturated heterocycles. The van der Waals surface area contributed by atoms with Crippen LogP contribution in [0, 0.1) is 23.5 Å². The van der Waals surface area contributed by atoms with E-state index in [1.165, 1.54) is 37.8 Å². The number of hydrogen-bond acceptors (Lipinski definition) is 1. The summed E-state index contributed by atoms with van der Waals surface area (Å²) in [7, 11) is 0.128. The summed E-state index contributed by atoms with van der Waals surface area (Å²) in [5.74, 6) is -1.56. The quantitative estimate of drug-likeness (QED) is 0.394. The van der Waals surface area contributed by atoms with E-state index in [4.69, 9.17) is 0 Å². The average Bonchev–Trinajstić information content (AvgIpc) is 2.67. The molecule has 0 bridgehead atoms. The van der Waals surface area contributed by atoms with Gasteiger partial charge in [0.15, 0.2) is 11.6 Å². The van der Waals surface area contributed by atoms with E-state index >= 15 is 0 Å². The minimum absolute atomic E-state index is 0.0276. The van der Waals surface area contributed by atoms with Gasteiger partial charge in [-0.3, -0.25) is 0 Å². The molecule has 1 aromatic carbocycles. The number of hydrogen-bond donors (Lipinski definition) is 0. The molecule has 6 heteroatoms. The molecular weight excluding hydrogens is 372 g/mol. The molecule has 0 heterocycles. The lowest BCUT2D eigenvalue weighted by molar-refractivity contribution is -0.0525. The van der Waals surface area contributed by atoms with Crippen LogP contribution in [0.2, 0.25) is 11.6 Å². The van der Waals surface area contributed by atoms with Gasteiger partial charge in [0.2, 0.25) is 5.82 Å². The van der Waals surface area contributed by atoms with Crippen molar-refractivity contribution in [3.63, 3.8) is 0 Å². The largest absolute Gasteiger partial charge is 0.432 e. The molecule has 3 rings (SSSR count). The lowest BCUT2D eigenvalue weighted by Crippen LogP contribution is -2.25. The van der Waals surface area contributed by atoms with Gasteiger partial charge in [-0.15, -0.1) is 0 Å². The van der Waals surface area contributed by atoms with Crippen molar-refractivity contribution in [2.75, 3.05) is 0 Å². The van der Waals surface area contributed by atoms with Crippen LogP contribution in [0.25, 0.3) is 0 Å². The van der Waals surface area contributed by atoms with Gasteiger partial charge in [-0.1, -0.05) is 50.3 Å². The molecule has 0 N–H and O–H groups in total. The zero-order valence-electron chi connectivity index (χ0n) is 16.0. The molecule has 0 radical (unpaired) electrons. The number of rotatable bonds is 6. The van der Waals surface area contributed by atoms with E-state index in [-0.39, 0.29) is 15.4 Å². The van der Waals surface area contributed by atoms with Gasteiger partial charge in [0, 0.05) is 9.52 Å². The first-order chi connectivity index (χ1) is 13.0. The van der Waals surface area contributed by atoms with Gasteiger partial charge in [0.25, 0.3) is 0 Å². The van der Waals surface area contributed by atoms with Crippen LogP contribution in [-0.4, -0.2) is 16.1 Å². The predicted octanol–water partition coefficient (Wildman–Crippen LogP) is 6.43. The summed E-state index contributed by atoms with van der Waals surface area (Å²) in [6.07, 6.45) is 9.29. The van der Waals surface area contributed by atoms with Crippen molar-refractivity contribution in [2.45, 2.75) is 82.4 Å². The molecule has 152 valence electrons. The van der Waals surface area contributed by atoms with E-state index in [0.29, 0.717) is 11.5 Å². The van der Waals surface area contributed by atoms with Gasteiger partial charge < -0.3 is 4.74 Å². The summed E-state index contributed by atoms with van der Waals surface area (Å²) in [5, 5.41) is 0. The van der Waals surface area contributed by atoms with Crippen LogP contribution in [0.3, 0.4) is 0 Å². The topological polar surface area (TPSA) is 9.23 Å². The fourth-order valence-corrected chi connectivity index (χ4v) is 7.17. The Morgan fingerprint density at radius 3 is 2.07 bits per heavy atom. The summed E-state index contributed by atoms with van der Waals surface area (Å²) in [5.41, 5.74) is 1.35. The molecule has 0 atom stereocenters. The fraction of sp³-hybridized carbons (Fsp3) is 0.714. The Morgan fingerprint density at radius 2 is 1.52 bits per heavy atom.